The molecule has 0 aliphatic carbocycles. The minimum absolute atomic E-state index is 0.000591. The number of ketones is 1. The highest BCUT2D eigenvalue weighted by atomic mass is 32.2. The zero-order valence-electron chi connectivity index (χ0n) is 7.86. The average Bonchev–Trinajstić information content (AvgIpc) is 2.17. The summed E-state index contributed by atoms with van der Waals surface area (Å²) in [6.07, 6.45) is 0.465. The molecule has 0 aromatic heterocycles. The van der Waals surface area contributed by atoms with E-state index >= 15 is 0 Å². The van der Waals surface area contributed by atoms with Crippen LogP contribution in [0.2, 0.25) is 0 Å². The van der Waals surface area contributed by atoms with E-state index in [4.69, 9.17) is 0 Å². The van der Waals surface area contributed by atoms with Gasteiger partial charge in [0.15, 0.2) is 5.78 Å². The lowest BCUT2D eigenvalue weighted by molar-refractivity contribution is 0.0988. The van der Waals surface area contributed by atoms with Crippen molar-refractivity contribution < 1.29 is 13.6 Å². The van der Waals surface area contributed by atoms with Crippen LogP contribution in [0.1, 0.15) is 29.3 Å². The van der Waals surface area contributed by atoms with E-state index in [1.807, 2.05) is 0 Å². The van der Waals surface area contributed by atoms with Crippen molar-refractivity contribution in [3.05, 3.63) is 35.4 Å². The van der Waals surface area contributed by atoms with Crippen molar-refractivity contribution in [1.82, 2.24) is 0 Å². The van der Waals surface area contributed by atoms with Crippen molar-refractivity contribution in [2.75, 3.05) is 0 Å². The standard InChI is InChI=1S/C10H12O3S/c1-2-10(11)9-5-3-8(4-6-9)7-14(12)13/h3-6H,2,7H2,1H3,(H,12,13)/p-1. The van der Waals surface area contributed by atoms with Crippen LogP contribution in [0.4, 0.5) is 0 Å². The van der Waals surface area contributed by atoms with Crippen LogP contribution in [0.3, 0.4) is 0 Å². The third-order valence-electron chi connectivity index (χ3n) is 1.88. The average molecular weight is 211 g/mol. The van der Waals surface area contributed by atoms with Crippen molar-refractivity contribution in [3.8, 4) is 0 Å². The van der Waals surface area contributed by atoms with E-state index in [2.05, 4.69) is 0 Å². The molecule has 0 bridgehead atoms. The highest BCUT2D eigenvalue weighted by Gasteiger charge is 2.01. The molecule has 4 heteroatoms. The first kappa shape index (κ1) is 11.1. The highest BCUT2D eigenvalue weighted by Crippen LogP contribution is 2.08. The van der Waals surface area contributed by atoms with Crippen LogP contribution in [0.5, 0.6) is 0 Å². The molecular weight excluding hydrogens is 200 g/mol. The van der Waals surface area contributed by atoms with Gasteiger partial charge in [0.25, 0.3) is 0 Å². The van der Waals surface area contributed by atoms with Gasteiger partial charge in [0, 0.05) is 17.7 Å². The van der Waals surface area contributed by atoms with Crippen molar-refractivity contribution in [3.63, 3.8) is 0 Å². The molecule has 0 saturated carbocycles. The molecule has 0 aliphatic rings. The number of hydrogen-bond donors (Lipinski definition) is 0. The summed E-state index contributed by atoms with van der Waals surface area (Å²) < 4.78 is 20.8. The molecule has 0 saturated heterocycles. The van der Waals surface area contributed by atoms with E-state index < -0.39 is 11.1 Å². The van der Waals surface area contributed by atoms with Crippen molar-refractivity contribution >= 4 is 16.9 Å². The monoisotopic (exact) mass is 211 g/mol. The van der Waals surface area contributed by atoms with Gasteiger partial charge in [-0.2, -0.15) is 0 Å². The van der Waals surface area contributed by atoms with E-state index in [0.29, 0.717) is 17.5 Å². The fourth-order valence-corrected chi connectivity index (χ4v) is 1.59. The fraction of sp³-hybridized carbons (Fsp3) is 0.300. The molecule has 0 fully saturated rings. The minimum Gasteiger partial charge on any atom is -0.772 e. The molecule has 1 unspecified atom stereocenters. The van der Waals surface area contributed by atoms with Crippen LogP contribution >= 0.6 is 0 Å². The predicted molar refractivity (Wildman–Crippen MR) is 53.7 cm³/mol. The van der Waals surface area contributed by atoms with Crippen molar-refractivity contribution in [2.45, 2.75) is 19.1 Å². The summed E-state index contributed by atoms with van der Waals surface area (Å²) in [7, 11) is 0. The van der Waals surface area contributed by atoms with Gasteiger partial charge in [-0.3, -0.25) is 9.00 Å². The first-order valence-corrected chi connectivity index (χ1v) is 5.56. The zero-order valence-corrected chi connectivity index (χ0v) is 8.67. The Labute approximate surface area is 85.4 Å². The van der Waals surface area contributed by atoms with Gasteiger partial charge in [-0.15, -0.1) is 0 Å². The number of carbonyl (C=O) groups excluding carboxylic acids is 1. The predicted octanol–water partition coefficient (Wildman–Crippen LogP) is 1.66. The summed E-state index contributed by atoms with van der Waals surface area (Å²) >= 11 is -2.07. The molecule has 1 aromatic carbocycles. The fourth-order valence-electron chi connectivity index (χ4n) is 1.13. The van der Waals surface area contributed by atoms with Crippen LogP contribution in [0, 0.1) is 0 Å². The Kier molecular flexibility index (Phi) is 3.98. The molecule has 0 heterocycles. The summed E-state index contributed by atoms with van der Waals surface area (Å²) in [6.45, 7) is 1.79. The van der Waals surface area contributed by atoms with Crippen LogP contribution in [0.15, 0.2) is 24.3 Å². The molecule has 14 heavy (non-hydrogen) atoms. The molecule has 0 radical (unpaired) electrons. The lowest BCUT2D eigenvalue weighted by atomic mass is 10.1. The molecule has 0 amide bonds. The Morgan fingerprint density at radius 3 is 2.36 bits per heavy atom. The van der Waals surface area contributed by atoms with E-state index in [-0.39, 0.29) is 11.5 Å². The normalized spacial score (nSPS) is 12.4. The maximum atomic E-state index is 11.2. The Hall–Kier alpha value is -1.00. The van der Waals surface area contributed by atoms with E-state index in [0.717, 1.165) is 0 Å². The molecular formula is C10H11O3S-. The van der Waals surface area contributed by atoms with Gasteiger partial charge in [0.2, 0.25) is 0 Å². The second-order valence-corrected chi connectivity index (χ2v) is 3.82. The Bertz CT molecular complexity index is 343. The lowest BCUT2D eigenvalue weighted by Gasteiger charge is -2.05. The van der Waals surface area contributed by atoms with Gasteiger partial charge in [0.05, 0.1) is 0 Å². The third-order valence-corrected chi connectivity index (χ3v) is 2.45. The van der Waals surface area contributed by atoms with Crippen LogP contribution in [-0.2, 0) is 16.8 Å². The summed E-state index contributed by atoms with van der Waals surface area (Å²) in [5.41, 5.74) is 1.33. The summed E-state index contributed by atoms with van der Waals surface area (Å²) in [4.78, 5) is 11.2. The van der Waals surface area contributed by atoms with E-state index in [1.165, 1.54) is 0 Å². The molecule has 3 nitrogen and oxygen atoms in total. The molecule has 1 rings (SSSR count). The maximum absolute atomic E-state index is 11.2. The molecule has 0 aliphatic heterocycles. The molecule has 0 spiro atoms. The maximum Gasteiger partial charge on any atom is 0.162 e. The van der Waals surface area contributed by atoms with Gasteiger partial charge in [-0.1, -0.05) is 42.3 Å². The highest BCUT2D eigenvalue weighted by molar-refractivity contribution is 7.78. The van der Waals surface area contributed by atoms with Crippen molar-refractivity contribution in [2.24, 2.45) is 0 Å². The Morgan fingerprint density at radius 1 is 1.36 bits per heavy atom. The summed E-state index contributed by atoms with van der Waals surface area (Å²) in [5.74, 6) is 0.0698. The number of hydrogen-bond acceptors (Lipinski definition) is 3. The topological polar surface area (TPSA) is 57.2 Å². The number of carbonyl (C=O) groups is 1. The van der Waals surface area contributed by atoms with E-state index in [9.17, 15) is 13.6 Å². The lowest BCUT2D eigenvalue weighted by Crippen LogP contribution is -1.98. The van der Waals surface area contributed by atoms with Gasteiger partial charge < -0.3 is 4.55 Å². The van der Waals surface area contributed by atoms with E-state index in [1.54, 1.807) is 31.2 Å². The quantitative estimate of drug-likeness (QED) is 0.562. The minimum atomic E-state index is -2.07. The first-order chi connectivity index (χ1) is 6.63. The van der Waals surface area contributed by atoms with Crippen LogP contribution in [0.25, 0.3) is 0 Å². The largest absolute Gasteiger partial charge is 0.772 e. The number of Topliss-reactive ketones (excluding diaryl/α,β-unsaturated/α-hetero) is 1. The number of benzene rings is 1. The zero-order chi connectivity index (χ0) is 10.6. The second kappa shape index (κ2) is 5.02. The third kappa shape index (κ3) is 3.05. The van der Waals surface area contributed by atoms with Crippen LogP contribution < -0.4 is 0 Å². The second-order valence-electron chi connectivity index (χ2n) is 2.92. The molecule has 76 valence electrons. The molecule has 0 N–H and O–H groups in total. The first-order valence-electron chi connectivity index (χ1n) is 4.31. The van der Waals surface area contributed by atoms with Crippen LogP contribution in [-0.4, -0.2) is 14.5 Å². The van der Waals surface area contributed by atoms with Gasteiger partial charge >= 0.3 is 0 Å². The van der Waals surface area contributed by atoms with Gasteiger partial charge in [-0.25, -0.2) is 0 Å². The SMILES string of the molecule is CCC(=O)c1ccc(CS(=O)[O-])cc1. The molecule has 1 aromatic rings. The number of rotatable bonds is 4. The van der Waals surface area contributed by atoms with Crippen molar-refractivity contribution in [1.29, 1.82) is 0 Å². The van der Waals surface area contributed by atoms with Gasteiger partial charge in [-0.05, 0) is 5.56 Å². The smallest absolute Gasteiger partial charge is 0.162 e. The Morgan fingerprint density at radius 2 is 1.93 bits per heavy atom. The molecule has 1 atom stereocenters. The Balaban J connectivity index is 2.78. The van der Waals surface area contributed by atoms with Gasteiger partial charge in [0.1, 0.15) is 0 Å². The summed E-state index contributed by atoms with van der Waals surface area (Å²) in [6, 6.07) is 6.65. The summed E-state index contributed by atoms with van der Waals surface area (Å²) in [5, 5.41) is 0.